The van der Waals surface area contributed by atoms with Crippen LogP contribution in [0, 0.1) is 5.82 Å². The average Bonchev–Trinajstić information content (AvgIpc) is 2.49. The topological polar surface area (TPSA) is 81.7 Å². The molecule has 1 rings (SSSR count). The first kappa shape index (κ1) is 20.1. The van der Waals surface area contributed by atoms with Gasteiger partial charge in [0, 0.05) is 0 Å². The van der Waals surface area contributed by atoms with E-state index >= 15 is 0 Å². The number of rotatable bonds is 8. The van der Waals surface area contributed by atoms with Gasteiger partial charge in [0.1, 0.15) is 12.2 Å². The van der Waals surface area contributed by atoms with E-state index in [1.807, 2.05) is 0 Å². The minimum Gasteiger partial charge on any atom is -0.466 e. The standard InChI is InChI=1S/C16H19BrFNO5/c1-3-23-15(21)8-13(10-5-6-11(17)12(18)7-10)19-14(20)9-16(22)24-4-2/h5-7,13H,3-4,8-9H2,1-2H3,(H,19,20). The number of nitrogens with one attached hydrogen (secondary N) is 1. The summed E-state index contributed by atoms with van der Waals surface area (Å²) < 4.78 is 23.5. The van der Waals surface area contributed by atoms with Gasteiger partial charge in [-0.05, 0) is 47.5 Å². The number of esters is 2. The number of hydrogen-bond acceptors (Lipinski definition) is 5. The molecule has 0 spiro atoms. The number of carbonyl (C=O) groups is 3. The van der Waals surface area contributed by atoms with Gasteiger partial charge in [0.15, 0.2) is 0 Å². The van der Waals surface area contributed by atoms with Crippen LogP contribution < -0.4 is 5.32 Å². The lowest BCUT2D eigenvalue weighted by Crippen LogP contribution is -2.32. The summed E-state index contributed by atoms with van der Waals surface area (Å²) >= 11 is 3.04. The van der Waals surface area contributed by atoms with Crippen molar-refractivity contribution in [2.24, 2.45) is 0 Å². The Morgan fingerprint density at radius 2 is 1.79 bits per heavy atom. The van der Waals surface area contributed by atoms with E-state index in [1.165, 1.54) is 12.1 Å². The van der Waals surface area contributed by atoms with Crippen LogP contribution in [0.1, 0.15) is 38.3 Å². The molecule has 132 valence electrons. The molecule has 0 radical (unpaired) electrons. The summed E-state index contributed by atoms with van der Waals surface area (Å²) in [4.78, 5) is 35.0. The van der Waals surface area contributed by atoms with Crippen molar-refractivity contribution in [3.63, 3.8) is 0 Å². The largest absolute Gasteiger partial charge is 0.466 e. The molecule has 1 aromatic rings. The Labute approximate surface area is 147 Å². The molecular weight excluding hydrogens is 385 g/mol. The molecule has 0 aromatic heterocycles. The summed E-state index contributed by atoms with van der Waals surface area (Å²) in [7, 11) is 0. The first-order chi connectivity index (χ1) is 11.4. The number of ether oxygens (including phenoxy) is 2. The molecule has 0 saturated carbocycles. The van der Waals surface area contributed by atoms with Gasteiger partial charge in [-0.15, -0.1) is 0 Å². The Balaban J connectivity index is 2.88. The molecule has 0 fully saturated rings. The molecule has 0 aliphatic carbocycles. The monoisotopic (exact) mass is 403 g/mol. The molecule has 0 saturated heterocycles. The molecule has 0 aliphatic heterocycles. The molecule has 24 heavy (non-hydrogen) atoms. The van der Waals surface area contributed by atoms with Crippen molar-refractivity contribution in [3.8, 4) is 0 Å². The fourth-order valence-corrected chi connectivity index (χ4v) is 2.20. The molecule has 0 bridgehead atoms. The van der Waals surface area contributed by atoms with E-state index in [9.17, 15) is 18.8 Å². The minimum absolute atomic E-state index is 0.163. The highest BCUT2D eigenvalue weighted by Crippen LogP contribution is 2.23. The van der Waals surface area contributed by atoms with Crippen molar-refractivity contribution >= 4 is 33.8 Å². The van der Waals surface area contributed by atoms with E-state index < -0.39 is 36.1 Å². The summed E-state index contributed by atoms with van der Waals surface area (Å²) in [5, 5.41) is 2.54. The van der Waals surface area contributed by atoms with Gasteiger partial charge >= 0.3 is 11.9 Å². The molecule has 0 aliphatic rings. The van der Waals surface area contributed by atoms with Crippen LogP contribution >= 0.6 is 15.9 Å². The molecule has 1 amide bonds. The smallest absolute Gasteiger partial charge is 0.315 e. The fourth-order valence-electron chi connectivity index (χ4n) is 1.96. The van der Waals surface area contributed by atoms with E-state index in [0.717, 1.165) is 0 Å². The number of hydrogen-bond donors (Lipinski definition) is 1. The van der Waals surface area contributed by atoms with E-state index in [1.54, 1.807) is 19.9 Å². The van der Waals surface area contributed by atoms with Crippen molar-refractivity contribution < 1.29 is 28.2 Å². The van der Waals surface area contributed by atoms with E-state index in [2.05, 4.69) is 21.2 Å². The highest BCUT2D eigenvalue weighted by molar-refractivity contribution is 9.10. The zero-order valence-electron chi connectivity index (χ0n) is 13.4. The zero-order valence-corrected chi connectivity index (χ0v) is 15.0. The second kappa shape index (κ2) is 10.0. The maximum absolute atomic E-state index is 13.7. The van der Waals surface area contributed by atoms with Crippen LogP contribution in [0.3, 0.4) is 0 Å². The lowest BCUT2D eigenvalue weighted by Gasteiger charge is -2.18. The third-order valence-corrected chi connectivity index (χ3v) is 3.61. The summed E-state index contributed by atoms with van der Waals surface area (Å²) in [6.07, 6.45) is -0.657. The van der Waals surface area contributed by atoms with Gasteiger partial charge in [-0.3, -0.25) is 14.4 Å². The summed E-state index contributed by atoms with van der Waals surface area (Å²) in [6, 6.07) is 3.44. The molecule has 1 atom stereocenters. The fraction of sp³-hybridized carbons (Fsp3) is 0.438. The van der Waals surface area contributed by atoms with E-state index in [4.69, 9.17) is 9.47 Å². The maximum atomic E-state index is 13.7. The number of halogens is 2. The highest BCUT2D eigenvalue weighted by Gasteiger charge is 2.21. The van der Waals surface area contributed by atoms with Gasteiger partial charge in [-0.1, -0.05) is 6.07 Å². The van der Waals surface area contributed by atoms with Gasteiger partial charge in [0.25, 0.3) is 0 Å². The van der Waals surface area contributed by atoms with Crippen molar-refractivity contribution in [3.05, 3.63) is 34.1 Å². The quantitative estimate of drug-likeness (QED) is 0.532. The molecule has 1 unspecified atom stereocenters. The second-order valence-electron chi connectivity index (χ2n) is 4.78. The molecule has 1 N–H and O–H groups in total. The van der Waals surface area contributed by atoms with E-state index in [-0.39, 0.29) is 24.1 Å². The van der Waals surface area contributed by atoms with Crippen LogP contribution in [-0.4, -0.2) is 31.1 Å². The van der Waals surface area contributed by atoms with Crippen molar-refractivity contribution in [2.75, 3.05) is 13.2 Å². The molecule has 0 heterocycles. The Morgan fingerprint density at radius 1 is 1.17 bits per heavy atom. The molecular formula is C16H19BrFNO5. The minimum atomic E-state index is -0.812. The highest BCUT2D eigenvalue weighted by atomic mass is 79.9. The van der Waals surface area contributed by atoms with Crippen LogP contribution in [0.4, 0.5) is 4.39 Å². The predicted molar refractivity (Wildman–Crippen MR) is 87.5 cm³/mol. The SMILES string of the molecule is CCOC(=O)CC(=O)NC(CC(=O)OCC)c1ccc(Br)c(F)c1. The maximum Gasteiger partial charge on any atom is 0.315 e. The summed E-state index contributed by atoms with van der Waals surface area (Å²) in [5.41, 5.74) is 0.390. The first-order valence-electron chi connectivity index (χ1n) is 7.42. The summed E-state index contributed by atoms with van der Waals surface area (Å²) in [6.45, 7) is 3.64. The van der Waals surface area contributed by atoms with Crippen molar-refractivity contribution in [1.82, 2.24) is 5.32 Å². The van der Waals surface area contributed by atoms with Crippen molar-refractivity contribution in [1.29, 1.82) is 0 Å². The summed E-state index contributed by atoms with van der Waals surface area (Å²) in [5.74, 6) is -2.36. The lowest BCUT2D eigenvalue weighted by molar-refractivity contribution is -0.146. The van der Waals surface area contributed by atoms with Crippen molar-refractivity contribution in [2.45, 2.75) is 32.7 Å². The normalized spacial score (nSPS) is 11.5. The second-order valence-corrected chi connectivity index (χ2v) is 5.64. The third-order valence-electron chi connectivity index (χ3n) is 2.97. The number of benzene rings is 1. The lowest BCUT2D eigenvalue weighted by atomic mass is 10.0. The Hall–Kier alpha value is -1.96. The molecule has 1 aromatic carbocycles. The van der Waals surface area contributed by atoms with Crippen LogP contribution in [-0.2, 0) is 23.9 Å². The van der Waals surface area contributed by atoms with Crippen LogP contribution in [0.25, 0.3) is 0 Å². The van der Waals surface area contributed by atoms with Gasteiger partial charge in [-0.25, -0.2) is 4.39 Å². The Kier molecular flexibility index (Phi) is 8.39. The van der Waals surface area contributed by atoms with Crippen LogP contribution in [0.2, 0.25) is 0 Å². The van der Waals surface area contributed by atoms with Gasteiger partial charge in [0.05, 0.1) is 30.1 Å². The van der Waals surface area contributed by atoms with Gasteiger partial charge in [-0.2, -0.15) is 0 Å². The average molecular weight is 404 g/mol. The Bertz CT molecular complexity index is 608. The van der Waals surface area contributed by atoms with Crippen LogP contribution in [0.5, 0.6) is 0 Å². The number of amides is 1. The first-order valence-corrected chi connectivity index (χ1v) is 8.22. The van der Waals surface area contributed by atoms with Crippen LogP contribution in [0.15, 0.2) is 22.7 Å². The van der Waals surface area contributed by atoms with Gasteiger partial charge in [0.2, 0.25) is 5.91 Å². The zero-order chi connectivity index (χ0) is 18.1. The predicted octanol–water partition coefficient (Wildman–Crippen LogP) is 2.65. The molecule has 8 heteroatoms. The van der Waals surface area contributed by atoms with E-state index in [0.29, 0.717) is 5.56 Å². The third kappa shape index (κ3) is 6.66. The molecule has 6 nitrogen and oxygen atoms in total. The van der Waals surface area contributed by atoms with Gasteiger partial charge < -0.3 is 14.8 Å². The Morgan fingerprint density at radius 3 is 2.38 bits per heavy atom. The number of carbonyl (C=O) groups excluding carboxylic acids is 3.